The molecule has 0 aliphatic heterocycles. The fourth-order valence-corrected chi connectivity index (χ4v) is 4.16. The molecule has 0 saturated heterocycles. The minimum Gasteiger partial charge on any atom is -0.305 e. The number of nitrogens with zero attached hydrogens (tertiary/aromatic N) is 5. The van der Waals surface area contributed by atoms with Gasteiger partial charge < -0.3 is 4.57 Å². The van der Waals surface area contributed by atoms with Crippen LogP contribution in [0.2, 0.25) is 0 Å². The van der Waals surface area contributed by atoms with Crippen LogP contribution in [0.15, 0.2) is 59.3 Å². The van der Waals surface area contributed by atoms with Crippen molar-refractivity contribution in [1.29, 1.82) is 0 Å². The van der Waals surface area contributed by atoms with Crippen LogP contribution in [0.4, 0.5) is 4.39 Å². The lowest BCUT2D eigenvalue weighted by Gasteiger charge is -2.02. The molecule has 26 heavy (non-hydrogen) atoms. The number of benzene rings is 1. The molecule has 0 N–H and O–H groups in total. The van der Waals surface area contributed by atoms with Crippen LogP contribution in [0.25, 0.3) is 22.0 Å². The van der Waals surface area contributed by atoms with Crippen molar-refractivity contribution in [3.63, 3.8) is 0 Å². The summed E-state index contributed by atoms with van der Waals surface area (Å²) < 4.78 is 15.0. The lowest BCUT2D eigenvalue weighted by Crippen LogP contribution is -1.95. The van der Waals surface area contributed by atoms with Gasteiger partial charge in [-0.3, -0.25) is 4.98 Å². The zero-order valence-corrected chi connectivity index (χ0v) is 15.5. The van der Waals surface area contributed by atoms with E-state index in [1.807, 2.05) is 29.1 Å². The summed E-state index contributed by atoms with van der Waals surface area (Å²) in [5.41, 5.74) is 2.87. The molecule has 1 aromatic carbocycles. The van der Waals surface area contributed by atoms with Gasteiger partial charge in [-0.2, -0.15) is 0 Å². The van der Waals surface area contributed by atoms with E-state index in [9.17, 15) is 4.39 Å². The summed E-state index contributed by atoms with van der Waals surface area (Å²) in [7, 11) is 1.95. The molecule has 3 heterocycles. The van der Waals surface area contributed by atoms with Gasteiger partial charge in [-0.25, -0.2) is 9.37 Å². The fraction of sp³-hybridized carbons (Fsp3) is 0.111. The van der Waals surface area contributed by atoms with Crippen LogP contribution in [0.1, 0.15) is 5.69 Å². The zero-order chi connectivity index (χ0) is 17.9. The molecule has 130 valence electrons. The second kappa shape index (κ2) is 7.35. The molecule has 0 aliphatic carbocycles. The number of halogens is 1. The molecule has 0 radical (unpaired) electrons. The SMILES string of the molecule is Cn1c(SCc2csc(-c3ccc(F)cc3)n2)nnc1-c1ccncc1. The van der Waals surface area contributed by atoms with Crippen LogP contribution < -0.4 is 0 Å². The first-order valence-corrected chi connectivity index (χ1v) is 9.70. The molecule has 0 unspecified atom stereocenters. The van der Waals surface area contributed by atoms with E-state index in [1.54, 1.807) is 47.6 Å². The van der Waals surface area contributed by atoms with Crippen LogP contribution in [-0.4, -0.2) is 24.7 Å². The van der Waals surface area contributed by atoms with Crippen molar-refractivity contribution in [3.05, 3.63) is 65.7 Å². The van der Waals surface area contributed by atoms with Crippen LogP contribution >= 0.6 is 23.1 Å². The van der Waals surface area contributed by atoms with Gasteiger partial charge in [-0.1, -0.05) is 11.8 Å². The molecular weight excluding hydrogens is 369 g/mol. The normalized spacial score (nSPS) is 11.0. The van der Waals surface area contributed by atoms with Crippen molar-refractivity contribution in [1.82, 2.24) is 24.7 Å². The summed E-state index contributed by atoms with van der Waals surface area (Å²) in [6, 6.07) is 10.2. The highest BCUT2D eigenvalue weighted by molar-refractivity contribution is 7.98. The molecule has 0 atom stereocenters. The first-order valence-electron chi connectivity index (χ1n) is 7.83. The first kappa shape index (κ1) is 16.9. The Balaban J connectivity index is 1.47. The number of thiazole rings is 1. The third-order valence-corrected chi connectivity index (χ3v) is 5.76. The lowest BCUT2D eigenvalue weighted by molar-refractivity contribution is 0.628. The van der Waals surface area contributed by atoms with Gasteiger partial charge in [0.1, 0.15) is 10.8 Å². The summed E-state index contributed by atoms with van der Waals surface area (Å²) >= 11 is 3.14. The number of rotatable bonds is 5. The molecule has 0 bridgehead atoms. The molecular formula is C18H14FN5S2. The first-order chi connectivity index (χ1) is 12.7. The maximum Gasteiger partial charge on any atom is 0.191 e. The maximum atomic E-state index is 13.0. The van der Waals surface area contributed by atoms with E-state index in [1.165, 1.54) is 12.1 Å². The zero-order valence-electron chi connectivity index (χ0n) is 13.8. The summed E-state index contributed by atoms with van der Waals surface area (Å²) in [6.07, 6.45) is 3.48. The van der Waals surface area contributed by atoms with Crippen molar-refractivity contribution in [2.45, 2.75) is 10.9 Å². The Morgan fingerprint density at radius 1 is 1.04 bits per heavy atom. The topological polar surface area (TPSA) is 56.5 Å². The van der Waals surface area contributed by atoms with Gasteiger partial charge >= 0.3 is 0 Å². The van der Waals surface area contributed by atoms with Gasteiger partial charge in [0.2, 0.25) is 0 Å². The summed E-state index contributed by atoms with van der Waals surface area (Å²) in [4.78, 5) is 8.65. The Bertz CT molecular complexity index is 1010. The van der Waals surface area contributed by atoms with Crippen LogP contribution in [0, 0.1) is 5.82 Å². The highest BCUT2D eigenvalue weighted by Crippen LogP contribution is 2.28. The minimum atomic E-state index is -0.242. The van der Waals surface area contributed by atoms with E-state index in [4.69, 9.17) is 0 Å². The molecule has 0 spiro atoms. The number of aromatic nitrogens is 5. The monoisotopic (exact) mass is 383 g/mol. The quantitative estimate of drug-likeness (QED) is 0.477. The van der Waals surface area contributed by atoms with Crippen molar-refractivity contribution in [3.8, 4) is 22.0 Å². The molecule has 0 amide bonds. The van der Waals surface area contributed by atoms with E-state index >= 15 is 0 Å². The minimum absolute atomic E-state index is 0.242. The van der Waals surface area contributed by atoms with Gasteiger partial charge in [0.15, 0.2) is 11.0 Å². The highest BCUT2D eigenvalue weighted by Gasteiger charge is 2.12. The molecule has 4 aromatic rings. The van der Waals surface area contributed by atoms with Crippen LogP contribution in [0.5, 0.6) is 0 Å². The van der Waals surface area contributed by atoms with E-state index in [2.05, 4.69) is 20.2 Å². The lowest BCUT2D eigenvalue weighted by atomic mass is 10.2. The standard InChI is InChI=1S/C18H14FN5S2/c1-24-16(12-6-8-20-9-7-12)22-23-18(24)26-11-15-10-25-17(21-15)13-2-4-14(19)5-3-13/h2-10H,11H2,1H3. The second-order valence-corrected chi connectivity index (χ2v) is 7.34. The second-order valence-electron chi connectivity index (χ2n) is 5.54. The van der Waals surface area contributed by atoms with Crippen molar-refractivity contribution < 1.29 is 4.39 Å². The fourth-order valence-electron chi connectivity index (χ4n) is 2.43. The molecule has 4 rings (SSSR count). The van der Waals surface area contributed by atoms with Crippen molar-refractivity contribution >= 4 is 23.1 Å². The molecule has 5 nitrogen and oxygen atoms in total. The van der Waals surface area contributed by atoms with Gasteiger partial charge in [0, 0.05) is 41.7 Å². The molecule has 0 saturated carbocycles. The Hall–Kier alpha value is -2.58. The molecule has 8 heteroatoms. The predicted octanol–water partition coefficient (Wildman–Crippen LogP) is 4.43. The predicted molar refractivity (Wildman–Crippen MR) is 101 cm³/mol. The maximum absolute atomic E-state index is 13.0. The van der Waals surface area contributed by atoms with Gasteiger partial charge in [0.25, 0.3) is 0 Å². The van der Waals surface area contributed by atoms with Crippen LogP contribution in [0.3, 0.4) is 0 Å². The average Bonchev–Trinajstić information content (AvgIpc) is 3.28. The Labute approximate surface area is 158 Å². The number of pyridine rings is 1. The van der Waals surface area contributed by atoms with E-state index in [0.717, 1.165) is 32.8 Å². The molecule has 0 fully saturated rings. The smallest absolute Gasteiger partial charge is 0.191 e. The van der Waals surface area contributed by atoms with Crippen molar-refractivity contribution in [2.24, 2.45) is 7.05 Å². The number of thioether (sulfide) groups is 1. The third kappa shape index (κ3) is 3.51. The molecule has 3 aromatic heterocycles. The Morgan fingerprint density at radius 2 is 1.81 bits per heavy atom. The Morgan fingerprint density at radius 3 is 2.58 bits per heavy atom. The number of hydrogen-bond donors (Lipinski definition) is 0. The highest BCUT2D eigenvalue weighted by atomic mass is 32.2. The van der Waals surface area contributed by atoms with E-state index in [0.29, 0.717) is 5.75 Å². The molecule has 0 aliphatic rings. The Kier molecular flexibility index (Phi) is 4.77. The van der Waals surface area contributed by atoms with E-state index in [-0.39, 0.29) is 5.82 Å². The van der Waals surface area contributed by atoms with Gasteiger partial charge in [-0.05, 0) is 36.4 Å². The summed E-state index contributed by atoms with van der Waals surface area (Å²) in [5.74, 6) is 1.26. The third-order valence-electron chi connectivity index (χ3n) is 3.77. The average molecular weight is 383 g/mol. The van der Waals surface area contributed by atoms with Gasteiger partial charge in [0.05, 0.1) is 5.69 Å². The summed E-state index contributed by atoms with van der Waals surface area (Å²) in [6.45, 7) is 0. The summed E-state index contributed by atoms with van der Waals surface area (Å²) in [5, 5.41) is 12.3. The van der Waals surface area contributed by atoms with Crippen LogP contribution in [-0.2, 0) is 12.8 Å². The van der Waals surface area contributed by atoms with Crippen molar-refractivity contribution in [2.75, 3.05) is 0 Å². The largest absolute Gasteiger partial charge is 0.305 e. The number of hydrogen-bond acceptors (Lipinski definition) is 6. The van der Waals surface area contributed by atoms with E-state index < -0.39 is 0 Å². The van der Waals surface area contributed by atoms with Gasteiger partial charge in [-0.15, -0.1) is 21.5 Å².